The van der Waals surface area contributed by atoms with E-state index < -0.39 is 0 Å². The number of allylic oxidation sites excluding steroid dienone is 1. The molecule has 328 valence electrons. The van der Waals surface area contributed by atoms with Crippen molar-refractivity contribution in [1.29, 1.82) is 0 Å². The Labute approximate surface area is 394 Å². The Morgan fingerprint density at radius 3 is 1.84 bits per heavy atom. The van der Waals surface area contributed by atoms with Crippen LogP contribution in [-0.4, -0.2) is 9.55 Å². The number of anilines is 2. The second-order valence-electron chi connectivity index (χ2n) is 20.0. The number of ether oxygens (including phenoxy) is 1. The molecule has 1 aliphatic rings. The van der Waals surface area contributed by atoms with E-state index in [1.54, 1.807) is 0 Å². The van der Waals surface area contributed by atoms with Gasteiger partial charge in [-0.1, -0.05) is 166 Å². The number of fused-ring (bicyclic) bond motifs is 3. The Kier molecular flexibility index (Phi) is 11.8. The number of nitrogens with zero attached hydrogens (tertiary/aromatic N) is 4. The second kappa shape index (κ2) is 16.9. The first kappa shape index (κ1) is 44.7. The first-order chi connectivity index (χ1) is 30.0. The first-order valence-electron chi connectivity index (χ1n) is 22.0. The maximum atomic E-state index is 6.92. The molecule has 0 unspecified atom stereocenters. The van der Waals surface area contributed by atoms with Crippen LogP contribution in [0, 0.1) is 24.2 Å². The van der Waals surface area contributed by atoms with Gasteiger partial charge in [-0.3, -0.25) is 0 Å². The van der Waals surface area contributed by atoms with Gasteiger partial charge in [0.2, 0.25) is 0 Å². The molecule has 1 aliphatic heterocycles. The molecule has 8 aromatic rings. The molecule has 3 heterocycles. The van der Waals surface area contributed by atoms with Crippen molar-refractivity contribution in [2.45, 2.75) is 85.5 Å². The van der Waals surface area contributed by atoms with Crippen LogP contribution in [0.15, 0.2) is 164 Å². The maximum absolute atomic E-state index is 6.92. The molecule has 0 amide bonds. The normalized spacial score (nSPS) is 13.6. The van der Waals surface area contributed by atoms with Gasteiger partial charge in [0, 0.05) is 66.5 Å². The summed E-state index contributed by atoms with van der Waals surface area (Å²) in [6, 6.07) is 59.1. The van der Waals surface area contributed by atoms with Crippen LogP contribution < -0.4 is 14.5 Å². The van der Waals surface area contributed by atoms with E-state index in [9.17, 15) is 0 Å². The van der Waals surface area contributed by atoms with Crippen molar-refractivity contribution < 1.29 is 25.8 Å². The largest absolute Gasteiger partial charge is 0.509 e. The van der Waals surface area contributed by atoms with E-state index >= 15 is 0 Å². The Balaban J connectivity index is 0.00000560. The summed E-state index contributed by atoms with van der Waals surface area (Å²) < 4.78 is 9.14. The van der Waals surface area contributed by atoms with Gasteiger partial charge in [0.05, 0.1) is 0 Å². The van der Waals surface area contributed by atoms with Crippen LogP contribution in [0.1, 0.15) is 97.1 Å². The monoisotopic (exact) mass is 1020 g/mol. The predicted molar refractivity (Wildman–Crippen MR) is 262 cm³/mol. The first-order valence-corrected chi connectivity index (χ1v) is 22.0. The zero-order valence-electron chi connectivity index (χ0n) is 38.6. The molecule has 0 radical (unpaired) electrons. The molecule has 0 saturated heterocycles. The minimum atomic E-state index is -0.343. The van der Waals surface area contributed by atoms with E-state index in [1.807, 2.05) is 12.3 Å². The van der Waals surface area contributed by atoms with Gasteiger partial charge in [-0.05, 0) is 75.0 Å². The molecule has 0 N–H and O–H groups in total. The molecule has 9 rings (SSSR count). The summed E-state index contributed by atoms with van der Waals surface area (Å²) in [6.07, 6.45) is 4.17. The zero-order chi connectivity index (χ0) is 44.3. The van der Waals surface area contributed by atoms with Gasteiger partial charge in [0.25, 0.3) is 0 Å². The van der Waals surface area contributed by atoms with Crippen molar-refractivity contribution in [3.05, 3.63) is 210 Å². The molecule has 0 fully saturated rings. The Bertz CT molecular complexity index is 2990. The number of benzene rings is 6. The Morgan fingerprint density at radius 2 is 1.17 bits per heavy atom. The van der Waals surface area contributed by atoms with Crippen molar-refractivity contribution in [2.75, 3.05) is 9.80 Å². The standard InChI is InChI=1S/C58H57N4O.Pt/c1-55(2,3)42-24-19-25-45(32-42)61-39-60(38-53(61)56(4,5)6)46-33-44(58(9,10)41-22-15-12-16-23-41)34-48(36-46)63-47-28-29-50-49-26-17-18-27-51(49)62(52(50)37-47)54-35-43(30-31-59-54)57(7,8)40-20-13-11-14-21-40;/h11-35,38-39H,1-10H3;/q-3;. The molecular weight excluding hydrogens is 964 g/mol. The number of rotatable bonds is 9. The third kappa shape index (κ3) is 8.43. The number of para-hydroxylation sites is 1. The topological polar surface area (TPSA) is 33.5 Å². The average Bonchev–Trinajstić information content (AvgIpc) is 3.88. The van der Waals surface area contributed by atoms with E-state index in [1.165, 1.54) is 28.0 Å². The van der Waals surface area contributed by atoms with Crippen molar-refractivity contribution in [1.82, 2.24) is 9.55 Å². The minimum Gasteiger partial charge on any atom is -0.509 e. The fraction of sp³-hybridized carbons (Fsp3) is 0.241. The fourth-order valence-electron chi connectivity index (χ4n) is 8.77. The summed E-state index contributed by atoms with van der Waals surface area (Å²) in [5.41, 5.74) is 10.5. The van der Waals surface area contributed by atoms with Crippen molar-refractivity contribution in [2.24, 2.45) is 5.41 Å². The molecule has 0 aliphatic carbocycles. The SMILES string of the molecule is CC(C)(C)C1=CN(c2[c-]c(Oc3[c-]c4c(cc3)c3ccccc3n4-c3cc(C(C)(C)c4ccccc4)ccn3)cc(C(C)(C)c3ccccc3)c2)[CH-]N1c1cccc(C(C)(C)C)c1.[Pt]. The van der Waals surface area contributed by atoms with Gasteiger partial charge < -0.3 is 19.1 Å². The fourth-order valence-corrected chi connectivity index (χ4v) is 8.77. The molecule has 6 aromatic carbocycles. The molecule has 64 heavy (non-hydrogen) atoms. The van der Waals surface area contributed by atoms with E-state index in [0.29, 0.717) is 11.5 Å². The van der Waals surface area contributed by atoms with Crippen LogP contribution in [0.2, 0.25) is 0 Å². The molecule has 5 nitrogen and oxygen atoms in total. The van der Waals surface area contributed by atoms with Gasteiger partial charge in [-0.2, -0.15) is 6.07 Å². The van der Waals surface area contributed by atoms with Gasteiger partial charge in [-0.25, -0.2) is 4.98 Å². The van der Waals surface area contributed by atoms with E-state index in [4.69, 9.17) is 9.72 Å². The maximum Gasteiger partial charge on any atom is 0.135 e. The van der Waals surface area contributed by atoms with E-state index in [0.717, 1.165) is 44.6 Å². The summed E-state index contributed by atoms with van der Waals surface area (Å²) in [5, 5.41) is 2.21. The number of pyridine rings is 1. The summed E-state index contributed by atoms with van der Waals surface area (Å²) >= 11 is 0. The van der Waals surface area contributed by atoms with E-state index in [2.05, 4.69) is 248 Å². The average molecular weight is 1020 g/mol. The van der Waals surface area contributed by atoms with Crippen LogP contribution >= 0.6 is 0 Å². The van der Waals surface area contributed by atoms with Gasteiger partial charge in [0.1, 0.15) is 5.82 Å². The Morgan fingerprint density at radius 1 is 0.531 bits per heavy atom. The quantitative estimate of drug-likeness (QED) is 0.135. The summed E-state index contributed by atoms with van der Waals surface area (Å²) in [7, 11) is 0. The van der Waals surface area contributed by atoms with Crippen LogP contribution in [0.4, 0.5) is 11.4 Å². The van der Waals surface area contributed by atoms with Gasteiger partial charge in [-0.15, -0.1) is 53.6 Å². The van der Waals surface area contributed by atoms with Crippen molar-refractivity contribution in [3.63, 3.8) is 0 Å². The second-order valence-corrected chi connectivity index (χ2v) is 20.0. The van der Waals surface area contributed by atoms with Crippen LogP contribution in [0.5, 0.6) is 11.5 Å². The van der Waals surface area contributed by atoms with Gasteiger partial charge >= 0.3 is 0 Å². The molecule has 0 atom stereocenters. The zero-order valence-corrected chi connectivity index (χ0v) is 40.9. The number of hydrogen-bond donors (Lipinski definition) is 0. The van der Waals surface area contributed by atoms with Crippen molar-refractivity contribution in [3.8, 4) is 17.3 Å². The smallest absolute Gasteiger partial charge is 0.135 e. The predicted octanol–water partition coefficient (Wildman–Crippen LogP) is 14.9. The van der Waals surface area contributed by atoms with Crippen molar-refractivity contribution >= 4 is 33.2 Å². The Hall–Kier alpha value is -5.90. The number of aromatic nitrogens is 2. The minimum absolute atomic E-state index is 0. The molecule has 2 aromatic heterocycles. The van der Waals surface area contributed by atoms with Crippen LogP contribution in [0.25, 0.3) is 27.6 Å². The number of hydrogen-bond acceptors (Lipinski definition) is 4. The molecule has 0 saturated carbocycles. The summed E-state index contributed by atoms with van der Waals surface area (Å²) in [5.74, 6) is 2.04. The molecular formula is C58H57N4OPt-3. The third-order valence-corrected chi connectivity index (χ3v) is 12.8. The third-order valence-electron chi connectivity index (χ3n) is 12.8. The summed E-state index contributed by atoms with van der Waals surface area (Å²) in [6.45, 7) is 24.9. The molecule has 6 heteroatoms. The van der Waals surface area contributed by atoms with Gasteiger partial charge in [0.15, 0.2) is 0 Å². The van der Waals surface area contributed by atoms with Crippen LogP contribution in [0.3, 0.4) is 0 Å². The summed E-state index contributed by atoms with van der Waals surface area (Å²) in [4.78, 5) is 9.49. The van der Waals surface area contributed by atoms with E-state index in [-0.39, 0.29) is 42.7 Å². The molecule has 0 bridgehead atoms. The molecule has 0 spiro atoms. The van der Waals surface area contributed by atoms with Crippen LogP contribution in [-0.2, 0) is 37.3 Å².